The second kappa shape index (κ2) is 10.9. The summed E-state index contributed by atoms with van der Waals surface area (Å²) in [7, 11) is 1.00. The van der Waals surface area contributed by atoms with E-state index in [9.17, 15) is 23.9 Å². The number of hydrogen-bond acceptors (Lipinski definition) is 12. The van der Waals surface area contributed by atoms with E-state index in [-0.39, 0.29) is 40.7 Å². The first kappa shape index (κ1) is 26.9. The van der Waals surface area contributed by atoms with E-state index < -0.39 is 54.8 Å². The van der Waals surface area contributed by atoms with E-state index in [1.54, 1.807) is 0 Å². The molecule has 36 heavy (non-hydrogen) atoms. The number of nitrogens with two attached hydrogens (primary N) is 1. The minimum atomic E-state index is -2.44. The molecular formula is C19H20ClFN6O9. The van der Waals surface area contributed by atoms with Gasteiger partial charge in [0.2, 0.25) is 10.9 Å². The molecule has 1 saturated heterocycles. The zero-order valence-corrected chi connectivity index (χ0v) is 19.2. The Kier molecular flexibility index (Phi) is 8.13. The van der Waals surface area contributed by atoms with Crippen molar-refractivity contribution < 1.29 is 48.1 Å². The summed E-state index contributed by atoms with van der Waals surface area (Å²) in [5.41, 5.74) is 3.17. The van der Waals surface area contributed by atoms with E-state index in [4.69, 9.17) is 41.5 Å². The molecule has 0 amide bonds. The smallest absolute Gasteiger partial charge is 0.358 e. The van der Waals surface area contributed by atoms with Crippen molar-refractivity contribution >= 4 is 46.8 Å². The standard InChI is InChI=1S/C18H16ClFN6O8.CH4O/c19-17-23-12(21)11-13(24-17)26(6-22-11)14-9(20)1-8(33-14)4-32-18(5-27,16(30)31)3-7-2-10(15(28)29)25-34-7;1-2/h2,5-6,8-9,14H,1,3-4H2,(H,28,29)(H,30,31)(H2,21,23,24);2H,1H3. The number of aliphatic carboxylic acids is 1. The monoisotopic (exact) mass is 530 g/mol. The molecule has 1 aliphatic heterocycles. The Labute approximate surface area is 205 Å². The van der Waals surface area contributed by atoms with Gasteiger partial charge in [0.1, 0.15) is 17.4 Å². The fraction of sp³-hybridized carbons (Fsp3) is 0.421. The fourth-order valence-corrected chi connectivity index (χ4v) is 3.63. The van der Waals surface area contributed by atoms with E-state index in [2.05, 4.69) is 20.1 Å². The van der Waals surface area contributed by atoms with E-state index in [0.29, 0.717) is 0 Å². The van der Waals surface area contributed by atoms with Gasteiger partial charge in [-0.3, -0.25) is 9.36 Å². The summed E-state index contributed by atoms with van der Waals surface area (Å²) in [5.74, 6) is -3.27. The van der Waals surface area contributed by atoms with Crippen molar-refractivity contribution in [2.24, 2.45) is 0 Å². The largest absolute Gasteiger partial charge is 0.479 e. The molecule has 0 spiro atoms. The summed E-state index contributed by atoms with van der Waals surface area (Å²) in [5, 5.41) is 28.6. The number of aliphatic hydroxyl groups is 1. The predicted octanol–water partition coefficient (Wildman–Crippen LogP) is 0.264. The van der Waals surface area contributed by atoms with Crippen LogP contribution in [-0.2, 0) is 25.5 Å². The summed E-state index contributed by atoms with van der Waals surface area (Å²) in [6, 6.07) is 0.968. The van der Waals surface area contributed by atoms with E-state index in [1.165, 1.54) is 10.9 Å². The van der Waals surface area contributed by atoms with Gasteiger partial charge in [0, 0.05) is 19.6 Å². The second-order valence-corrected chi connectivity index (χ2v) is 7.72. The number of carboxylic acids is 2. The summed E-state index contributed by atoms with van der Waals surface area (Å²) < 4.78 is 31.9. The number of ether oxygens (including phenoxy) is 2. The number of aromatic nitrogens is 5. The molecule has 194 valence electrons. The van der Waals surface area contributed by atoms with Crippen LogP contribution in [0.2, 0.25) is 5.28 Å². The highest BCUT2D eigenvalue weighted by Gasteiger charge is 2.44. The number of imidazole rings is 1. The molecule has 4 rings (SSSR count). The third-order valence-electron chi connectivity index (χ3n) is 5.12. The molecule has 4 atom stereocenters. The molecule has 4 unspecified atom stereocenters. The van der Waals surface area contributed by atoms with Gasteiger partial charge in [-0.05, 0) is 11.6 Å². The highest BCUT2D eigenvalue weighted by atomic mass is 35.5. The Bertz CT molecular complexity index is 1270. The van der Waals surface area contributed by atoms with Gasteiger partial charge < -0.3 is 35.1 Å². The molecule has 17 heteroatoms. The third kappa shape index (κ3) is 5.25. The second-order valence-electron chi connectivity index (χ2n) is 7.39. The predicted molar refractivity (Wildman–Crippen MR) is 116 cm³/mol. The number of aldehydes is 1. The molecule has 0 radical (unpaired) electrons. The normalized spacial score (nSPS) is 20.9. The quantitative estimate of drug-likeness (QED) is 0.165. The van der Waals surface area contributed by atoms with Crippen LogP contribution in [0, 0.1) is 0 Å². The minimum absolute atomic E-state index is 0.00210. The Morgan fingerprint density at radius 3 is 2.72 bits per heavy atom. The highest BCUT2D eigenvalue weighted by Crippen LogP contribution is 2.34. The number of nitrogens with zero attached hydrogens (tertiary/aromatic N) is 5. The van der Waals surface area contributed by atoms with Gasteiger partial charge in [0.15, 0.2) is 29.7 Å². The zero-order valence-electron chi connectivity index (χ0n) is 18.4. The first-order valence-corrected chi connectivity index (χ1v) is 10.4. The van der Waals surface area contributed by atoms with Crippen LogP contribution in [0.3, 0.4) is 0 Å². The van der Waals surface area contributed by atoms with Gasteiger partial charge in [0.25, 0.3) is 0 Å². The number of carboxylic acid groups (broad SMARTS) is 2. The van der Waals surface area contributed by atoms with Crippen molar-refractivity contribution in [3.8, 4) is 0 Å². The summed E-state index contributed by atoms with van der Waals surface area (Å²) >= 11 is 5.82. The van der Waals surface area contributed by atoms with Crippen LogP contribution in [0.4, 0.5) is 10.2 Å². The number of aromatic carboxylic acids is 1. The lowest BCUT2D eigenvalue weighted by molar-refractivity contribution is -0.172. The highest BCUT2D eigenvalue weighted by molar-refractivity contribution is 6.28. The summed E-state index contributed by atoms with van der Waals surface area (Å²) in [6.07, 6.45) is -3.28. The van der Waals surface area contributed by atoms with Gasteiger partial charge in [0.05, 0.1) is 25.5 Å². The number of rotatable bonds is 9. The lowest BCUT2D eigenvalue weighted by Gasteiger charge is -2.24. The van der Waals surface area contributed by atoms with Crippen molar-refractivity contribution in [2.45, 2.75) is 36.9 Å². The van der Waals surface area contributed by atoms with Gasteiger partial charge in [-0.1, -0.05) is 5.16 Å². The summed E-state index contributed by atoms with van der Waals surface area (Å²) in [4.78, 5) is 46.3. The van der Waals surface area contributed by atoms with Crippen molar-refractivity contribution in [2.75, 3.05) is 19.5 Å². The number of nitrogen functional groups attached to an aromatic ring is 1. The Morgan fingerprint density at radius 1 is 1.39 bits per heavy atom. The topological polar surface area (TPSA) is 226 Å². The number of halogens is 2. The number of aliphatic hydroxyl groups excluding tert-OH is 1. The molecular weight excluding hydrogens is 511 g/mol. The maximum atomic E-state index is 14.8. The van der Waals surface area contributed by atoms with Crippen molar-refractivity contribution in [3.05, 3.63) is 29.1 Å². The van der Waals surface area contributed by atoms with Crippen LogP contribution in [-0.4, -0.2) is 89.8 Å². The molecule has 5 N–H and O–H groups in total. The first-order chi connectivity index (χ1) is 17.1. The Morgan fingerprint density at radius 2 is 2.11 bits per heavy atom. The van der Waals surface area contributed by atoms with E-state index in [1.807, 2.05) is 0 Å². The molecule has 3 aromatic heterocycles. The number of hydrogen-bond donors (Lipinski definition) is 4. The van der Waals surface area contributed by atoms with E-state index >= 15 is 0 Å². The molecule has 1 aliphatic rings. The number of fused-ring (bicyclic) bond motifs is 1. The minimum Gasteiger partial charge on any atom is -0.479 e. The van der Waals surface area contributed by atoms with Crippen LogP contribution in [0.5, 0.6) is 0 Å². The average molecular weight is 531 g/mol. The maximum absolute atomic E-state index is 14.8. The SMILES string of the molecule is CO.Nc1nc(Cl)nc2c1ncn2C1OC(COC(C=O)(Cc2cc(C(=O)O)no2)C(=O)O)CC1F. The van der Waals surface area contributed by atoms with Crippen LogP contribution >= 0.6 is 11.6 Å². The first-order valence-electron chi connectivity index (χ1n) is 10.1. The molecule has 1 fully saturated rings. The van der Waals surface area contributed by atoms with Crippen LogP contribution in [0.15, 0.2) is 16.9 Å². The van der Waals surface area contributed by atoms with Crippen molar-refractivity contribution in [1.82, 2.24) is 24.7 Å². The zero-order chi connectivity index (χ0) is 26.6. The molecule has 0 aromatic carbocycles. The number of carbonyl (C=O) groups excluding carboxylic acids is 1. The lowest BCUT2D eigenvalue weighted by Crippen LogP contribution is -2.47. The van der Waals surface area contributed by atoms with Gasteiger partial charge >= 0.3 is 11.9 Å². The van der Waals surface area contributed by atoms with Crippen LogP contribution in [0.25, 0.3) is 11.2 Å². The molecule has 0 saturated carbocycles. The Balaban J connectivity index is 0.00000176. The molecule has 0 aliphatic carbocycles. The lowest BCUT2D eigenvalue weighted by atomic mass is 9.99. The fourth-order valence-electron chi connectivity index (χ4n) is 3.46. The number of alkyl halides is 1. The molecule has 4 heterocycles. The Hall–Kier alpha value is -3.73. The van der Waals surface area contributed by atoms with E-state index in [0.717, 1.165) is 13.2 Å². The molecule has 0 bridgehead atoms. The molecule has 15 nitrogen and oxygen atoms in total. The van der Waals surface area contributed by atoms with Gasteiger partial charge in [-0.2, -0.15) is 9.97 Å². The van der Waals surface area contributed by atoms with Gasteiger partial charge in [-0.25, -0.2) is 19.0 Å². The van der Waals surface area contributed by atoms with Crippen molar-refractivity contribution in [3.63, 3.8) is 0 Å². The molecule has 3 aromatic rings. The number of carbonyl (C=O) groups is 3. The number of anilines is 1. The third-order valence-corrected chi connectivity index (χ3v) is 5.29. The summed E-state index contributed by atoms with van der Waals surface area (Å²) in [6.45, 7) is -0.480. The van der Waals surface area contributed by atoms with Crippen LogP contribution in [0.1, 0.15) is 28.9 Å². The van der Waals surface area contributed by atoms with Gasteiger partial charge in [-0.15, -0.1) is 0 Å². The average Bonchev–Trinajstić information content (AvgIpc) is 3.56. The van der Waals surface area contributed by atoms with Crippen LogP contribution < -0.4 is 5.73 Å². The van der Waals surface area contributed by atoms with Crippen molar-refractivity contribution in [1.29, 1.82) is 0 Å². The maximum Gasteiger partial charge on any atom is 0.358 e.